The summed E-state index contributed by atoms with van der Waals surface area (Å²) in [5.74, 6) is 0. The predicted molar refractivity (Wildman–Crippen MR) is 32.5 cm³/mol. The summed E-state index contributed by atoms with van der Waals surface area (Å²) in [4.78, 5) is 0. The third-order valence-electron chi connectivity index (χ3n) is 0.408. The first-order valence-electron chi connectivity index (χ1n) is 1.90. The van der Waals surface area contributed by atoms with Crippen LogP contribution in [0.1, 0.15) is 13.3 Å². The lowest BCUT2D eigenvalue weighted by atomic mass is 10.5. The molecule has 0 aliphatic heterocycles. The van der Waals surface area contributed by atoms with E-state index in [2.05, 4.69) is 6.92 Å². The number of ether oxygens (including phenoxy) is 1. The van der Waals surface area contributed by atoms with Gasteiger partial charge < -0.3 is 4.74 Å². The van der Waals surface area contributed by atoms with Crippen molar-refractivity contribution in [3.63, 3.8) is 0 Å². The SMILES string of the molecule is Br.CCCOC. The second-order valence-corrected chi connectivity index (χ2v) is 0.993. The molecule has 0 aliphatic carbocycles. The van der Waals surface area contributed by atoms with Crippen molar-refractivity contribution < 1.29 is 4.74 Å². The Hall–Kier alpha value is 0.440. The zero-order chi connectivity index (χ0) is 4.12. The average Bonchev–Trinajstić information content (AvgIpc) is 1.41. The molecule has 1 nitrogen and oxygen atoms in total. The van der Waals surface area contributed by atoms with Gasteiger partial charge in [0.05, 0.1) is 0 Å². The third-order valence-corrected chi connectivity index (χ3v) is 0.408. The Morgan fingerprint density at radius 2 is 2.00 bits per heavy atom. The fourth-order valence-electron chi connectivity index (χ4n) is 0.204. The fourth-order valence-corrected chi connectivity index (χ4v) is 0.204. The van der Waals surface area contributed by atoms with Crippen molar-refractivity contribution in [2.45, 2.75) is 13.3 Å². The molecule has 0 fully saturated rings. The topological polar surface area (TPSA) is 9.23 Å². The number of halogens is 1. The van der Waals surface area contributed by atoms with Gasteiger partial charge in [0.15, 0.2) is 0 Å². The van der Waals surface area contributed by atoms with E-state index in [-0.39, 0.29) is 17.0 Å². The molecule has 0 heterocycles. The second kappa shape index (κ2) is 9.06. The van der Waals surface area contributed by atoms with Crippen LogP contribution in [0.4, 0.5) is 0 Å². The van der Waals surface area contributed by atoms with E-state index in [0.717, 1.165) is 13.0 Å². The van der Waals surface area contributed by atoms with Crippen LogP contribution in [-0.2, 0) is 4.74 Å². The molecular weight excluding hydrogens is 144 g/mol. The molecule has 0 aromatic rings. The lowest BCUT2D eigenvalue weighted by molar-refractivity contribution is 0.199. The molecule has 0 spiro atoms. The Balaban J connectivity index is 0. The van der Waals surface area contributed by atoms with Crippen LogP contribution < -0.4 is 0 Å². The van der Waals surface area contributed by atoms with Gasteiger partial charge in [0.2, 0.25) is 0 Å². The monoisotopic (exact) mass is 154 g/mol. The van der Waals surface area contributed by atoms with Crippen molar-refractivity contribution in [2.75, 3.05) is 13.7 Å². The summed E-state index contributed by atoms with van der Waals surface area (Å²) in [5.41, 5.74) is 0. The Morgan fingerprint density at radius 3 is 2.00 bits per heavy atom. The molecule has 0 N–H and O–H groups in total. The minimum absolute atomic E-state index is 0. The Morgan fingerprint density at radius 1 is 1.50 bits per heavy atom. The van der Waals surface area contributed by atoms with Crippen molar-refractivity contribution in [2.24, 2.45) is 0 Å². The van der Waals surface area contributed by atoms with Crippen molar-refractivity contribution in [3.8, 4) is 0 Å². The molecule has 0 aromatic carbocycles. The van der Waals surface area contributed by atoms with Crippen molar-refractivity contribution in [1.82, 2.24) is 0 Å². The van der Waals surface area contributed by atoms with Gasteiger partial charge in [-0.1, -0.05) is 6.92 Å². The van der Waals surface area contributed by atoms with E-state index in [9.17, 15) is 0 Å². The molecule has 0 rings (SSSR count). The van der Waals surface area contributed by atoms with Crippen molar-refractivity contribution >= 4 is 17.0 Å². The van der Waals surface area contributed by atoms with E-state index in [4.69, 9.17) is 4.74 Å². The average molecular weight is 155 g/mol. The van der Waals surface area contributed by atoms with Crippen LogP contribution in [0, 0.1) is 0 Å². The van der Waals surface area contributed by atoms with E-state index >= 15 is 0 Å². The normalized spacial score (nSPS) is 7.00. The van der Waals surface area contributed by atoms with E-state index in [1.807, 2.05) is 0 Å². The quantitative estimate of drug-likeness (QED) is 0.588. The Bertz CT molecular complexity index is 15.0. The summed E-state index contributed by atoms with van der Waals surface area (Å²) >= 11 is 0. The lowest BCUT2D eigenvalue weighted by Crippen LogP contribution is -1.80. The minimum atomic E-state index is 0. The maximum Gasteiger partial charge on any atom is 0.0459 e. The summed E-state index contributed by atoms with van der Waals surface area (Å²) < 4.78 is 4.69. The molecular formula is C4H11BrO. The van der Waals surface area contributed by atoms with Crippen molar-refractivity contribution in [3.05, 3.63) is 0 Å². The van der Waals surface area contributed by atoms with Crippen LogP contribution in [0.3, 0.4) is 0 Å². The van der Waals surface area contributed by atoms with E-state index in [1.54, 1.807) is 7.11 Å². The van der Waals surface area contributed by atoms with Gasteiger partial charge in [0.1, 0.15) is 0 Å². The van der Waals surface area contributed by atoms with Crippen LogP contribution in [0.5, 0.6) is 0 Å². The molecule has 0 aliphatic rings. The van der Waals surface area contributed by atoms with E-state index < -0.39 is 0 Å². The fraction of sp³-hybridized carbons (Fsp3) is 1.00. The summed E-state index contributed by atoms with van der Waals surface area (Å²) in [5, 5.41) is 0. The number of hydrogen-bond donors (Lipinski definition) is 0. The summed E-state index contributed by atoms with van der Waals surface area (Å²) in [6, 6.07) is 0. The molecule has 2 heteroatoms. The van der Waals surface area contributed by atoms with E-state index in [0.29, 0.717) is 0 Å². The largest absolute Gasteiger partial charge is 0.385 e. The number of rotatable bonds is 2. The first kappa shape index (κ1) is 9.67. The van der Waals surface area contributed by atoms with Gasteiger partial charge in [-0.05, 0) is 6.42 Å². The Labute approximate surface area is 49.5 Å². The van der Waals surface area contributed by atoms with Crippen LogP contribution in [0.15, 0.2) is 0 Å². The summed E-state index contributed by atoms with van der Waals surface area (Å²) in [7, 11) is 1.71. The van der Waals surface area contributed by atoms with Crippen LogP contribution >= 0.6 is 17.0 Å². The molecule has 0 unspecified atom stereocenters. The van der Waals surface area contributed by atoms with Gasteiger partial charge in [0.25, 0.3) is 0 Å². The molecule has 6 heavy (non-hydrogen) atoms. The highest BCUT2D eigenvalue weighted by Gasteiger charge is 1.66. The maximum absolute atomic E-state index is 4.69. The number of methoxy groups -OCH3 is 1. The van der Waals surface area contributed by atoms with Gasteiger partial charge in [-0.15, -0.1) is 17.0 Å². The third kappa shape index (κ3) is 8.83. The second-order valence-electron chi connectivity index (χ2n) is 0.993. The van der Waals surface area contributed by atoms with Gasteiger partial charge in [0, 0.05) is 13.7 Å². The summed E-state index contributed by atoms with van der Waals surface area (Å²) in [6.45, 7) is 2.98. The standard InChI is InChI=1S/C4H10O.BrH/c1-3-4-5-2;/h3-4H2,1-2H3;1H. The smallest absolute Gasteiger partial charge is 0.0459 e. The highest BCUT2D eigenvalue weighted by molar-refractivity contribution is 8.93. The highest BCUT2D eigenvalue weighted by atomic mass is 79.9. The predicted octanol–water partition coefficient (Wildman–Crippen LogP) is 1.62. The molecule has 0 bridgehead atoms. The van der Waals surface area contributed by atoms with Gasteiger partial charge >= 0.3 is 0 Å². The first-order chi connectivity index (χ1) is 2.41. The molecule has 40 valence electrons. The Kier molecular flexibility index (Phi) is 14.6. The highest BCUT2D eigenvalue weighted by Crippen LogP contribution is 1.70. The van der Waals surface area contributed by atoms with Gasteiger partial charge in [-0.2, -0.15) is 0 Å². The molecule has 0 atom stereocenters. The zero-order valence-corrected chi connectivity index (χ0v) is 5.94. The van der Waals surface area contributed by atoms with Crippen LogP contribution in [0.2, 0.25) is 0 Å². The molecule has 0 amide bonds. The van der Waals surface area contributed by atoms with Gasteiger partial charge in [-0.25, -0.2) is 0 Å². The molecule has 0 radical (unpaired) electrons. The maximum atomic E-state index is 4.69. The summed E-state index contributed by atoms with van der Waals surface area (Å²) in [6.07, 6.45) is 1.12. The number of hydrogen-bond acceptors (Lipinski definition) is 1. The van der Waals surface area contributed by atoms with E-state index in [1.165, 1.54) is 0 Å². The van der Waals surface area contributed by atoms with Crippen LogP contribution in [-0.4, -0.2) is 13.7 Å². The van der Waals surface area contributed by atoms with Crippen LogP contribution in [0.25, 0.3) is 0 Å². The molecule has 0 aromatic heterocycles. The zero-order valence-electron chi connectivity index (χ0n) is 4.23. The lowest BCUT2D eigenvalue weighted by Gasteiger charge is -1.84. The van der Waals surface area contributed by atoms with Gasteiger partial charge in [-0.3, -0.25) is 0 Å². The van der Waals surface area contributed by atoms with Crippen molar-refractivity contribution in [1.29, 1.82) is 0 Å². The minimum Gasteiger partial charge on any atom is -0.385 e. The molecule has 0 saturated carbocycles. The first-order valence-corrected chi connectivity index (χ1v) is 1.90. The molecule has 0 saturated heterocycles.